The minimum atomic E-state index is -0.918. The molecule has 1 amide bonds. The number of ether oxygens (including phenoxy) is 1. The summed E-state index contributed by atoms with van der Waals surface area (Å²) >= 11 is 0. The third-order valence-electron chi connectivity index (χ3n) is 8.07. The van der Waals surface area contributed by atoms with Gasteiger partial charge in [-0.15, -0.1) is 0 Å². The van der Waals surface area contributed by atoms with Crippen molar-refractivity contribution in [1.82, 2.24) is 19.8 Å². The van der Waals surface area contributed by atoms with Gasteiger partial charge in [-0.05, 0) is 63.3 Å². The van der Waals surface area contributed by atoms with Gasteiger partial charge < -0.3 is 24.3 Å². The van der Waals surface area contributed by atoms with Crippen LogP contribution in [0.4, 0.5) is 15.9 Å². The lowest BCUT2D eigenvalue weighted by Crippen LogP contribution is -2.49. The number of benzene rings is 2. The molecule has 0 N–H and O–H groups in total. The molecule has 0 aliphatic carbocycles. The monoisotopic (exact) mass is 587 g/mol. The molecule has 0 radical (unpaired) electrons. The lowest BCUT2D eigenvalue weighted by molar-refractivity contribution is -0.128. The molecule has 4 heterocycles. The van der Waals surface area contributed by atoms with E-state index in [0.29, 0.717) is 38.7 Å². The van der Waals surface area contributed by atoms with Gasteiger partial charge in [0.1, 0.15) is 5.82 Å². The number of rotatable bonds is 4. The smallest absolute Gasteiger partial charge is 0.318 e. The maximum absolute atomic E-state index is 13.3. The van der Waals surface area contributed by atoms with Crippen molar-refractivity contribution in [2.24, 2.45) is 0 Å². The Morgan fingerprint density at radius 2 is 1.65 bits per heavy atom. The quantitative estimate of drug-likeness (QED) is 0.399. The lowest BCUT2D eigenvalue weighted by Gasteiger charge is -2.38. The van der Waals surface area contributed by atoms with E-state index in [2.05, 4.69) is 76.6 Å². The second kappa shape index (κ2) is 14.8. The number of hydrogen-bond donors (Lipinski definition) is 0. The summed E-state index contributed by atoms with van der Waals surface area (Å²) in [4.78, 5) is 29.7. The number of hydrogen-bond acceptors (Lipinski definition) is 8. The molecule has 10 heteroatoms. The number of nitriles is 1. The molecule has 2 fully saturated rings. The minimum absolute atomic E-state index is 0.334. The number of aromatic nitrogens is 2. The number of amides is 1. The molecular weight excluding hydrogens is 545 g/mol. The molecular formula is C33H42FN7O2. The van der Waals surface area contributed by atoms with Gasteiger partial charge in [-0.3, -0.25) is 4.79 Å². The second-order valence-electron chi connectivity index (χ2n) is 11.0. The zero-order valence-corrected chi connectivity index (χ0v) is 25.8. The highest BCUT2D eigenvalue weighted by Crippen LogP contribution is 2.35. The van der Waals surface area contributed by atoms with Crippen LogP contribution >= 0.6 is 0 Å². The molecule has 228 valence electrons. The van der Waals surface area contributed by atoms with Crippen LogP contribution in [0.3, 0.4) is 0 Å². The number of anilines is 2. The molecule has 0 saturated carbocycles. The van der Waals surface area contributed by atoms with E-state index >= 15 is 0 Å². The summed E-state index contributed by atoms with van der Waals surface area (Å²) in [5.74, 6) is -0.706. The number of halogens is 1. The van der Waals surface area contributed by atoms with Gasteiger partial charge in [0.15, 0.2) is 5.83 Å². The van der Waals surface area contributed by atoms with E-state index in [1.54, 1.807) is 13.2 Å². The van der Waals surface area contributed by atoms with Crippen molar-refractivity contribution >= 4 is 28.2 Å². The molecule has 1 aromatic heterocycles. The molecule has 0 unspecified atom stereocenters. The molecule has 2 aromatic carbocycles. The summed E-state index contributed by atoms with van der Waals surface area (Å²) in [5.41, 5.74) is 4.53. The fourth-order valence-corrected chi connectivity index (χ4v) is 5.88. The molecule has 3 aliphatic rings. The van der Waals surface area contributed by atoms with E-state index in [4.69, 9.17) is 15.0 Å². The highest BCUT2D eigenvalue weighted by atomic mass is 19.1. The second-order valence-corrected chi connectivity index (χ2v) is 11.0. The summed E-state index contributed by atoms with van der Waals surface area (Å²) in [5, 5.41) is 9.82. The minimum Gasteiger partial charge on any atom is -0.467 e. The highest BCUT2D eigenvalue weighted by Gasteiger charge is 2.29. The van der Waals surface area contributed by atoms with E-state index < -0.39 is 11.7 Å². The van der Waals surface area contributed by atoms with Crippen LogP contribution in [-0.2, 0) is 17.8 Å². The molecule has 0 bridgehead atoms. The molecule has 6 rings (SSSR count). The van der Waals surface area contributed by atoms with Crippen molar-refractivity contribution in [3.05, 3.63) is 65.6 Å². The normalized spacial score (nSPS) is 16.3. The van der Waals surface area contributed by atoms with Crippen LogP contribution in [0.25, 0.3) is 10.8 Å². The third kappa shape index (κ3) is 7.59. The van der Waals surface area contributed by atoms with E-state index in [9.17, 15) is 9.18 Å². The van der Waals surface area contributed by atoms with Gasteiger partial charge in [-0.25, -0.2) is 4.39 Å². The van der Waals surface area contributed by atoms with Gasteiger partial charge in [0.05, 0.1) is 25.4 Å². The Morgan fingerprint density at radius 3 is 2.23 bits per heavy atom. The summed E-state index contributed by atoms with van der Waals surface area (Å²) < 4.78 is 18.7. The first-order valence-electron chi connectivity index (χ1n) is 14.8. The van der Waals surface area contributed by atoms with Gasteiger partial charge in [0.25, 0.3) is 5.91 Å². The molecule has 0 atom stereocenters. The Balaban J connectivity index is 0.000000408. The number of likely N-dealkylation sites (tertiary alicyclic amines) is 1. The third-order valence-corrected chi connectivity index (χ3v) is 8.07. The van der Waals surface area contributed by atoms with Gasteiger partial charge in [0, 0.05) is 56.3 Å². The zero-order chi connectivity index (χ0) is 30.9. The molecule has 9 nitrogen and oxygen atoms in total. The maximum atomic E-state index is 13.3. The van der Waals surface area contributed by atoms with Crippen LogP contribution in [0, 0.1) is 18.3 Å². The Morgan fingerprint density at radius 1 is 1.00 bits per heavy atom. The van der Waals surface area contributed by atoms with Crippen molar-refractivity contribution in [3.63, 3.8) is 0 Å². The Hall–Kier alpha value is -4.23. The van der Waals surface area contributed by atoms with Crippen LogP contribution in [0.1, 0.15) is 36.6 Å². The first-order chi connectivity index (χ1) is 20.8. The largest absolute Gasteiger partial charge is 0.467 e. The van der Waals surface area contributed by atoms with Crippen molar-refractivity contribution in [3.8, 4) is 12.1 Å². The van der Waals surface area contributed by atoms with Gasteiger partial charge in [-0.2, -0.15) is 15.2 Å². The van der Waals surface area contributed by atoms with Crippen LogP contribution in [0.5, 0.6) is 6.01 Å². The average Bonchev–Trinajstić information content (AvgIpc) is 3.51. The van der Waals surface area contributed by atoms with E-state index in [1.165, 1.54) is 59.8 Å². The summed E-state index contributed by atoms with van der Waals surface area (Å²) in [6, 6.07) is 14.9. The molecule has 3 aliphatic heterocycles. The fourth-order valence-electron chi connectivity index (χ4n) is 5.88. The Kier molecular flexibility index (Phi) is 10.9. The molecule has 0 spiro atoms. The topological polar surface area (TPSA) is 88.8 Å². The number of carbonyl (C=O) groups excluding carboxylic acids is 1. The number of methoxy groups -OCH3 is 1. The van der Waals surface area contributed by atoms with Gasteiger partial charge in [0.2, 0.25) is 0 Å². The van der Waals surface area contributed by atoms with Crippen LogP contribution < -0.4 is 14.5 Å². The summed E-state index contributed by atoms with van der Waals surface area (Å²) in [7, 11) is 3.75. The predicted molar refractivity (Wildman–Crippen MR) is 169 cm³/mol. The van der Waals surface area contributed by atoms with Crippen molar-refractivity contribution in [2.75, 3.05) is 69.8 Å². The SMILES string of the molecule is C=C(F)C(=O)N1CCN(c2nc(OC)nc3c2CCN(c2cccc4cccc(C)c24)C3)CC1.CC#N.CN1CCCC1. The van der Waals surface area contributed by atoms with E-state index in [0.717, 1.165) is 30.0 Å². The number of carbonyl (C=O) groups is 1. The van der Waals surface area contributed by atoms with Crippen molar-refractivity contribution in [1.29, 1.82) is 5.26 Å². The van der Waals surface area contributed by atoms with Crippen LogP contribution in [-0.4, -0.2) is 85.6 Å². The molecule has 43 heavy (non-hydrogen) atoms. The summed E-state index contributed by atoms with van der Waals surface area (Å²) in [6.45, 7) is 12.8. The zero-order valence-electron chi connectivity index (χ0n) is 25.8. The van der Waals surface area contributed by atoms with Crippen LogP contribution in [0.2, 0.25) is 0 Å². The first kappa shape index (κ1) is 31.7. The van der Waals surface area contributed by atoms with E-state index in [-0.39, 0.29) is 0 Å². The Bertz CT molecular complexity index is 1470. The Labute approximate surface area is 254 Å². The fraction of sp³-hybridized carbons (Fsp3) is 0.455. The van der Waals surface area contributed by atoms with Crippen molar-refractivity contribution < 1.29 is 13.9 Å². The van der Waals surface area contributed by atoms with Crippen molar-refractivity contribution in [2.45, 2.75) is 39.7 Å². The number of aryl methyl sites for hydroxylation is 1. The first-order valence-corrected chi connectivity index (χ1v) is 14.8. The van der Waals surface area contributed by atoms with Gasteiger partial charge in [-0.1, -0.05) is 36.9 Å². The number of piperazine rings is 1. The molecule has 3 aromatic rings. The van der Waals surface area contributed by atoms with E-state index in [1.807, 2.05) is 0 Å². The maximum Gasteiger partial charge on any atom is 0.318 e. The highest BCUT2D eigenvalue weighted by molar-refractivity contribution is 5.97. The number of nitrogens with zero attached hydrogens (tertiary/aromatic N) is 7. The summed E-state index contributed by atoms with van der Waals surface area (Å²) in [6.07, 6.45) is 3.63. The van der Waals surface area contributed by atoms with Crippen LogP contribution in [0.15, 0.2) is 48.8 Å². The molecule has 2 saturated heterocycles. The number of fused-ring (bicyclic) bond motifs is 2. The van der Waals surface area contributed by atoms with Gasteiger partial charge >= 0.3 is 6.01 Å². The lowest BCUT2D eigenvalue weighted by atomic mass is 9.99. The predicted octanol–water partition coefficient (Wildman–Crippen LogP) is 4.88. The standard InChI is InChI=1S/C26H28FN5O2.C5H11N.C2H3N/c1-17-6-4-7-19-8-5-9-22(23(17)19)32-11-10-20-21(16-32)28-26(34-3)29-24(20)30-12-14-31(15-13-30)25(33)18(2)27;1-6-4-2-3-5-6;1-2-3/h4-9H,2,10-16H2,1,3H3;2-5H2,1H3;1H3. The average molecular weight is 588 g/mol.